The van der Waals surface area contributed by atoms with Gasteiger partial charge in [0.05, 0.1) is 6.04 Å². The molecule has 2 aromatic rings. The molecule has 5 heteroatoms. The van der Waals surface area contributed by atoms with Gasteiger partial charge < -0.3 is 14.8 Å². The molecule has 0 bridgehead atoms. The quantitative estimate of drug-likeness (QED) is 0.906. The van der Waals surface area contributed by atoms with Crippen LogP contribution >= 0.6 is 15.9 Å². The lowest BCUT2D eigenvalue weighted by Crippen LogP contribution is -2.27. The Morgan fingerprint density at radius 3 is 2.45 bits per heavy atom. The summed E-state index contributed by atoms with van der Waals surface area (Å²) < 4.78 is 12.0. The summed E-state index contributed by atoms with van der Waals surface area (Å²) in [5, 5.41) is 2.99. The van der Waals surface area contributed by atoms with Gasteiger partial charge in [-0.15, -0.1) is 0 Å². The smallest absolute Gasteiger partial charge is 0.251 e. The van der Waals surface area contributed by atoms with Crippen molar-refractivity contribution >= 4 is 21.8 Å². The topological polar surface area (TPSA) is 47.6 Å². The van der Waals surface area contributed by atoms with Crippen LogP contribution < -0.4 is 14.8 Å². The van der Waals surface area contributed by atoms with Crippen molar-refractivity contribution in [3.05, 3.63) is 58.1 Å². The first-order valence-electron chi connectivity index (χ1n) is 7.10. The second-order valence-corrected chi connectivity index (χ2v) is 5.93. The van der Waals surface area contributed by atoms with E-state index in [0.29, 0.717) is 24.5 Å². The SMILES string of the molecule is CC(NC(=O)c1ccccc1)c1cc2c(cc1Br)OCCO2. The van der Waals surface area contributed by atoms with Gasteiger partial charge in [0.15, 0.2) is 11.5 Å². The Balaban J connectivity index is 1.80. The lowest BCUT2D eigenvalue weighted by Gasteiger charge is -2.22. The number of amides is 1. The summed E-state index contributed by atoms with van der Waals surface area (Å²) in [7, 11) is 0. The zero-order chi connectivity index (χ0) is 15.5. The van der Waals surface area contributed by atoms with Crippen LogP contribution in [0.2, 0.25) is 0 Å². The lowest BCUT2D eigenvalue weighted by molar-refractivity contribution is 0.0939. The van der Waals surface area contributed by atoms with E-state index in [2.05, 4.69) is 21.2 Å². The lowest BCUT2D eigenvalue weighted by atomic mass is 10.1. The van der Waals surface area contributed by atoms with Gasteiger partial charge in [0.2, 0.25) is 0 Å². The maximum absolute atomic E-state index is 12.2. The molecule has 0 radical (unpaired) electrons. The van der Waals surface area contributed by atoms with E-state index < -0.39 is 0 Å². The third-order valence-corrected chi connectivity index (χ3v) is 4.20. The number of ether oxygens (including phenoxy) is 2. The average Bonchev–Trinajstić information content (AvgIpc) is 2.54. The van der Waals surface area contributed by atoms with E-state index in [1.807, 2.05) is 37.3 Å². The summed E-state index contributed by atoms with van der Waals surface area (Å²) in [5.41, 5.74) is 1.59. The van der Waals surface area contributed by atoms with E-state index in [0.717, 1.165) is 15.8 Å². The highest BCUT2D eigenvalue weighted by Gasteiger charge is 2.19. The number of nitrogens with one attached hydrogen (secondary N) is 1. The molecule has 1 aliphatic heterocycles. The Morgan fingerprint density at radius 1 is 1.14 bits per heavy atom. The van der Waals surface area contributed by atoms with Gasteiger partial charge in [-0.25, -0.2) is 0 Å². The molecule has 0 spiro atoms. The van der Waals surface area contributed by atoms with Crippen LogP contribution in [0, 0.1) is 0 Å². The fraction of sp³-hybridized carbons (Fsp3) is 0.235. The molecular weight excluding hydrogens is 346 g/mol. The number of benzene rings is 2. The number of hydrogen-bond donors (Lipinski definition) is 1. The number of carbonyl (C=O) groups excluding carboxylic acids is 1. The maximum Gasteiger partial charge on any atom is 0.251 e. The van der Waals surface area contributed by atoms with Gasteiger partial charge in [-0.1, -0.05) is 34.1 Å². The van der Waals surface area contributed by atoms with Crippen LogP contribution in [0.3, 0.4) is 0 Å². The van der Waals surface area contributed by atoms with Crippen LogP contribution in [-0.2, 0) is 0 Å². The standard InChI is InChI=1S/C17H16BrNO3/c1-11(19-17(20)12-5-3-2-4-6-12)13-9-15-16(10-14(13)18)22-8-7-21-15/h2-6,9-11H,7-8H2,1H3,(H,19,20). The molecule has 0 aromatic heterocycles. The van der Waals surface area contributed by atoms with Crippen LogP contribution in [0.15, 0.2) is 46.9 Å². The fourth-order valence-corrected chi connectivity index (χ4v) is 3.02. The Labute approximate surface area is 137 Å². The molecule has 1 N–H and O–H groups in total. The van der Waals surface area contributed by atoms with Gasteiger partial charge in [0.25, 0.3) is 5.91 Å². The van der Waals surface area contributed by atoms with Crippen molar-refractivity contribution in [1.29, 1.82) is 0 Å². The first-order chi connectivity index (χ1) is 10.6. The number of fused-ring (bicyclic) bond motifs is 1. The molecule has 0 fully saturated rings. The normalized spacial score (nSPS) is 14.3. The third-order valence-electron chi connectivity index (χ3n) is 3.51. The molecule has 0 saturated carbocycles. The van der Waals surface area contributed by atoms with Crippen molar-refractivity contribution < 1.29 is 14.3 Å². The predicted molar refractivity (Wildman–Crippen MR) is 87.5 cm³/mol. The summed E-state index contributed by atoms with van der Waals surface area (Å²) >= 11 is 3.54. The molecular formula is C17H16BrNO3. The Hall–Kier alpha value is -2.01. The van der Waals surface area contributed by atoms with Crippen LogP contribution in [0.5, 0.6) is 11.5 Å². The summed E-state index contributed by atoms with van der Waals surface area (Å²) in [6.07, 6.45) is 0. The largest absolute Gasteiger partial charge is 0.486 e. The fourth-order valence-electron chi connectivity index (χ4n) is 2.36. The second kappa shape index (κ2) is 6.40. The van der Waals surface area contributed by atoms with Crippen molar-refractivity contribution in [2.75, 3.05) is 13.2 Å². The van der Waals surface area contributed by atoms with E-state index in [1.165, 1.54) is 0 Å². The van der Waals surface area contributed by atoms with Crippen LogP contribution in [0.25, 0.3) is 0 Å². The minimum atomic E-state index is -0.155. The molecule has 3 rings (SSSR count). The Kier molecular flexibility index (Phi) is 4.34. The first kappa shape index (κ1) is 14.9. The minimum Gasteiger partial charge on any atom is -0.486 e. The van der Waals surface area contributed by atoms with Gasteiger partial charge >= 0.3 is 0 Å². The Morgan fingerprint density at radius 2 is 1.77 bits per heavy atom. The molecule has 114 valence electrons. The van der Waals surface area contributed by atoms with E-state index in [1.54, 1.807) is 12.1 Å². The second-order valence-electron chi connectivity index (χ2n) is 5.08. The van der Waals surface area contributed by atoms with Crippen LogP contribution in [-0.4, -0.2) is 19.1 Å². The number of rotatable bonds is 3. The molecule has 2 aromatic carbocycles. The summed E-state index contributed by atoms with van der Waals surface area (Å²) in [6.45, 7) is 3.04. The van der Waals surface area contributed by atoms with E-state index >= 15 is 0 Å². The van der Waals surface area contributed by atoms with Gasteiger partial charge in [-0.2, -0.15) is 0 Å². The molecule has 1 amide bonds. The van der Waals surface area contributed by atoms with E-state index in [9.17, 15) is 4.79 Å². The molecule has 0 saturated heterocycles. The number of carbonyl (C=O) groups is 1. The van der Waals surface area contributed by atoms with Gasteiger partial charge in [0.1, 0.15) is 13.2 Å². The Bertz CT molecular complexity index is 688. The van der Waals surface area contributed by atoms with Gasteiger partial charge in [-0.05, 0) is 36.8 Å². The minimum absolute atomic E-state index is 0.102. The van der Waals surface area contributed by atoms with Crippen molar-refractivity contribution in [2.45, 2.75) is 13.0 Å². The first-order valence-corrected chi connectivity index (χ1v) is 7.89. The molecule has 1 heterocycles. The van der Waals surface area contributed by atoms with Crippen LogP contribution in [0.4, 0.5) is 0 Å². The van der Waals surface area contributed by atoms with Crippen LogP contribution in [0.1, 0.15) is 28.9 Å². The highest BCUT2D eigenvalue weighted by Crippen LogP contribution is 2.37. The summed E-state index contributed by atoms with van der Waals surface area (Å²) in [4.78, 5) is 12.2. The molecule has 1 aliphatic rings. The molecule has 1 unspecified atom stereocenters. The highest BCUT2D eigenvalue weighted by atomic mass is 79.9. The predicted octanol–water partition coefficient (Wildman–Crippen LogP) is 3.71. The summed E-state index contributed by atoms with van der Waals surface area (Å²) in [5.74, 6) is 1.34. The average molecular weight is 362 g/mol. The van der Waals surface area contributed by atoms with Gasteiger partial charge in [-0.3, -0.25) is 4.79 Å². The van der Waals surface area contributed by atoms with Crippen molar-refractivity contribution in [2.24, 2.45) is 0 Å². The third kappa shape index (κ3) is 3.09. The monoisotopic (exact) mass is 361 g/mol. The van der Waals surface area contributed by atoms with Crippen molar-refractivity contribution in [1.82, 2.24) is 5.32 Å². The molecule has 4 nitrogen and oxygen atoms in total. The van der Waals surface area contributed by atoms with Gasteiger partial charge in [0, 0.05) is 10.0 Å². The summed E-state index contributed by atoms with van der Waals surface area (Å²) in [6, 6.07) is 12.8. The van der Waals surface area contributed by atoms with E-state index in [4.69, 9.17) is 9.47 Å². The van der Waals surface area contributed by atoms with E-state index in [-0.39, 0.29) is 11.9 Å². The maximum atomic E-state index is 12.2. The van der Waals surface area contributed by atoms with Crippen molar-refractivity contribution in [3.63, 3.8) is 0 Å². The molecule has 22 heavy (non-hydrogen) atoms. The number of halogens is 1. The van der Waals surface area contributed by atoms with Crippen molar-refractivity contribution in [3.8, 4) is 11.5 Å². The zero-order valence-electron chi connectivity index (χ0n) is 12.1. The molecule has 1 atom stereocenters. The zero-order valence-corrected chi connectivity index (χ0v) is 13.7. The number of hydrogen-bond acceptors (Lipinski definition) is 3. The highest BCUT2D eigenvalue weighted by molar-refractivity contribution is 9.10. The molecule has 0 aliphatic carbocycles.